The fourth-order valence-electron chi connectivity index (χ4n) is 0.974. The predicted octanol–water partition coefficient (Wildman–Crippen LogP) is 1.29. The van der Waals surface area contributed by atoms with Crippen molar-refractivity contribution in [2.45, 2.75) is 6.54 Å². The van der Waals surface area contributed by atoms with Gasteiger partial charge in [0.15, 0.2) is 0 Å². The van der Waals surface area contributed by atoms with E-state index in [9.17, 15) is 9.00 Å². The monoisotopic (exact) mass is 291 g/mol. The molecule has 0 aromatic heterocycles. The zero-order valence-electron chi connectivity index (χ0n) is 7.77. The van der Waals surface area contributed by atoms with Crippen LogP contribution in [-0.4, -0.2) is 21.0 Å². The first kappa shape index (κ1) is 12.4. The Kier molecular flexibility index (Phi) is 4.93. The molecule has 0 fully saturated rings. The van der Waals surface area contributed by atoms with Crippen molar-refractivity contribution in [2.24, 2.45) is 0 Å². The van der Waals surface area contributed by atoms with Crippen molar-refractivity contribution in [2.75, 3.05) is 5.75 Å². The second-order valence-electron chi connectivity index (χ2n) is 2.83. The van der Waals surface area contributed by atoms with Crippen LogP contribution in [0.4, 0.5) is 0 Å². The maximum Gasteiger partial charge on any atom is 0.317 e. The number of nitrogens with one attached hydrogen (secondary N) is 1. The highest BCUT2D eigenvalue weighted by atomic mass is 79.9. The molecule has 0 bridgehead atoms. The van der Waals surface area contributed by atoms with E-state index in [2.05, 4.69) is 20.7 Å². The quantitative estimate of drug-likeness (QED) is 0.859. The predicted molar refractivity (Wildman–Crippen MR) is 61.6 cm³/mol. The zero-order chi connectivity index (χ0) is 11.3. The number of benzene rings is 1. The van der Waals surface area contributed by atoms with Crippen molar-refractivity contribution in [3.05, 3.63) is 34.3 Å². The van der Waals surface area contributed by atoms with E-state index in [-0.39, 0.29) is 5.75 Å². The van der Waals surface area contributed by atoms with Crippen LogP contribution in [0, 0.1) is 0 Å². The van der Waals surface area contributed by atoms with Gasteiger partial charge in [-0.15, -0.1) is 0 Å². The molecule has 0 aliphatic rings. The molecule has 82 valence electrons. The Morgan fingerprint density at radius 1 is 1.53 bits per heavy atom. The van der Waals surface area contributed by atoms with Crippen LogP contribution in [0.1, 0.15) is 5.56 Å². The van der Waals surface area contributed by atoms with Gasteiger partial charge in [-0.3, -0.25) is 4.79 Å². The van der Waals surface area contributed by atoms with E-state index in [1.807, 2.05) is 24.3 Å². The third-order valence-corrected chi connectivity index (χ3v) is 3.05. The molecule has 1 aromatic rings. The molecular weight excluding hydrogens is 282 g/mol. The van der Waals surface area contributed by atoms with Gasteiger partial charge in [-0.1, -0.05) is 28.1 Å². The summed E-state index contributed by atoms with van der Waals surface area (Å²) in [4.78, 5) is 10.2. The smallest absolute Gasteiger partial charge is 0.317 e. The normalized spacial score (nSPS) is 12.3. The average Bonchev–Trinajstić information content (AvgIpc) is 2.14. The molecule has 0 amide bonds. The summed E-state index contributed by atoms with van der Waals surface area (Å²) in [6, 6.07) is 7.50. The fraction of sp³-hybridized carbons (Fsp3) is 0.222. The van der Waals surface area contributed by atoms with Crippen molar-refractivity contribution in [3.63, 3.8) is 0 Å². The number of rotatable bonds is 5. The van der Waals surface area contributed by atoms with Crippen LogP contribution in [0.2, 0.25) is 0 Å². The van der Waals surface area contributed by atoms with Gasteiger partial charge in [-0.25, -0.2) is 8.93 Å². The first-order valence-corrected chi connectivity index (χ1v) is 6.27. The van der Waals surface area contributed by atoms with E-state index in [1.54, 1.807) is 0 Å². The summed E-state index contributed by atoms with van der Waals surface area (Å²) in [7, 11) is -1.52. The van der Waals surface area contributed by atoms with Crippen molar-refractivity contribution in [1.29, 1.82) is 0 Å². The summed E-state index contributed by atoms with van der Waals surface area (Å²) < 4.78 is 14.7. The van der Waals surface area contributed by atoms with Gasteiger partial charge in [-0.2, -0.15) is 0 Å². The molecule has 1 aromatic carbocycles. The first-order valence-electron chi connectivity index (χ1n) is 4.16. The van der Waals surface area contributed by atoms with Gasteiger partial charge < -0.3 is 5.11 Å². The Morgan fingerprint density at radius 2 is 2.27 bits per heavy atom. The Bertz CT molecular complexity index is 383. The molecule has 1 rings (SSSR count). The number of hydrogen-bond donors (Lipinski definition) is 2. The number of carboxylic acid groups (broad SMARTS) is 1. The Hall–Kier alpha value is -0.720. The average molecular weight is 292 g/mol. The molecule has 0 radical (unpaired) electrons. The van der Waals surface area contributed by atoms with Crippen LogP contribution in [0.3, 0.4) is 0 Å². The molecule has 0 saturated heterocycles. The van der Waals surface area contributed by atoms with E-state index in [1.165, 1.54) is 0 Å². The topological polar surface area (TPSA) is 66.4 Å². The molecular formula is C9H10BrNO3S. The van der Waals surface area contributed by atoms with Gasteiger partial charge in [0, 0.05) is 11.0 Å². The van der Waals surface area contributed by atoms with Gasteiger partial charge >= 0.3 is 5.97 Å². The second-order valence-corrected chi connectivity index (χ2v) is 5.02. The van der Waals surface area contributed by atoms with Crippen molar-refractivity contribution in [1.82, 2.24) is 4.72 Å². The van der Waals surface area contributed by atoms with E-state index in [0.29, 0.717) is 6.54 Å². The number of carbonyl (C=O) groups is 1. The molecule has 0 aliphatic heterocycles. The highest BCUT2D eigenvalue weighted by Gasteiger charge is 2.05. The Morgan fingerprint density at radius 3 is 2.87 bits per heavy atom. The van der Waals surface area contributed by atoms with Crippen molar-refractivity contribution < 1.29 is 14.1 Å². The molecule has 1 unspecified atom stereocenters. The lowest BCUT2D eigenvalue weighted by Crippen LogP contribution is -2.23. The van der Waals surface area contributed by atoms with Gasteiger partial charge in [0.2, 0.25) is 0 Å². The van der Waals surface area contributed by atoms with Crippen LogP contribution in [0.15, 0.2) is 28.7 Å². The minimum atomic E-state index is -1.52. The standard InChI is InChI=1S/C9H10BrNO3S/c10-8-3-1-2-7(4-8)5-11-15(14)6-9(12)13/h1-4,11H,5-6H2,(H,12,13). The van der Waals surface area contributed by atoms with Crippen molar-refractivity contribution >= 4 is 32.9 Å². The minimum absolute atomic E-state index is 0.381. The van der Waals surface area contributed by atoms with Crippen LogP contribution in [0.25, 0.3) is 0 Å². The summed E-state index contributed by atoms with van der Waals surface area (Å²) >= 11 is 3.31. The van der Waals surface area contributed by atoms with Crippen LogP contribution in [0.5, 0.6) is 0 Å². The molecule has 6 heteroatoms. The highest BCUT2D eigenvalue weighted by molar-refractivity contribution is 9.10. The molecule has 0 saturated carbocycles. The third kappa shape index (κ3) is 5.06. The summed E-state index contributed by atoms with van der Waals surface area (Å²) in [6.07, 6.45) is 0. The molecule has 1 atom stereocenters. The third-order valence-electron chi connectivity index (χ3n) is 1.58. The zero-order valence-corrected chi connectivity index (χ0v) is 10.2. The Balaban J connectivity index is 2.43. The van der Waals surface area contributed by atoms with Crippen LogP contribution >= 0.6 is 15.9 Å². The van der Waals surface area contributed by atoms with Crippen molar-refractivity contribution in [3.8, 4) is 0 Å². The van der Waals surface area contributed by atoms with E-state index in [4.69, 9.17) is 5.11 Å². The molecule has 15 heavy (non-hydrogen) atoms. The molecule has 0 spiro atoms. The highest BCUT2D eigenvalue weighted by Crippen LogP contribution is 2.11. The lowest BCUT2D eigenvalue weighted by molar-refractivity contribution is -0.133. The van der Waals surface area contributed by atoms with Crippen LogP contribution in [-0.2, 0) is 22.3 Å². The number of halogens is 1. The first-order chi connectivity index (χ1) is 7.08. The van der Waals surface area contributed by atoms with E-state index in [0.717, 1.165) is 10.0 Å². The molecule has 2 N–H and O–H groups in total. The molecule has 0 heterocycles. The minimum Gasteiger partial charge on any atom is -0.481 e. The van der Waals surface area contributed by atoms with Gasteiger partial charge in [0.1, 0.15) is 16.7 Å². The lowest BCUT2D eigenvalue weighted by atomic mass is 10.2. The van der Waals surface area contributed by atoms with Gasteiger partial charge in [0.25, 0.3) is 0 Å². The SMILES string of the molecule is O=C(O)CS(=O)NCc1cccc(Br)c1. The van der Waals surface area contributed by atoms with E-state index < -0.39 is 17.0 Å². The largest absolute Gasteiger partial charge is 0.481 e. The Labute approximate surface area is 98.4 Å². The number of hydrogen-bond acceptors (Lipinski definition) is 2. The summed E-state index contributed by atoms with van der Waals surface area (Å²) in [6.45, 7) is 0.388. The maximum absolute atomic E-state index is 11.1. The second kappa shape index (κ2) is 5.99. The summed E-state index contributed by atoms with van der Waals surface area (Å²) in [5, 5.41) is 8.38. The molecule has 4 nitrogen and oxygen atoms in total. The van der Waals surface area contributed by atoms with Gasteiger partial charge in [0.05, 0.1) is 0 Å². The van der Waals surface area contributed by atoms with Gasteiger partial charge in [-0.05, 0) is 17.7 Å². The maximum atomic E-state index is 11.1. The van der Waals surface area contributed by atoms with Crippen LogP contribution < -0.4 is 4.72 Å². The fourth-order valence-corrected chi connectivity index (χ4v) is 2.07. The lowest BCUT2D eigenvalue weighted by Gasteiger charge is -2.03. The number of aliphatic carboxylic acids is 1. The number of carboxylic acids is 1. The van der Waals surface area contributed by atoms with E-state index >= 15 is 0 Å². The molecule has 0 aliphatic carbocycles. The summed E-state index contributed by atoms with van der Waals surface area (Å²) in [5.41, 5.74) is 0.947. The summed E-state index contributed by atoms with van der Waals surface area (Å²) in [5.74, 6) is -1.45.